The maximum absolute atomic E-state index is 13.4. The van der Waals surface area contributed by atoms with Crippen LogP contribution in [0.3, 0.4) is 0 Å². The third kappa shape index (κ3) is 10.1. The van der Waals surface area contributed by atoms with E-state index in [4.69, 9.17) is 14.2 Å². The molecule has 1 saturated heterocycles. The minimum absolute atomic E-state index is 0.265. The van der Waals surface area contributed by atoms with E-state index in [1.165, 1.54) is 0 Å². The van der Waals surface area contributed by atoms with E-state index in [1.54, 1.807) is 22.7 Å². The quantitative estimate of drug-likeness (QED) is 0.203. The molecule has 1 aliphatic rings. The Morgan fingerprint density at radius 3 is 2.32 bits per heavy atom. The summed E-state index contributed by atoms with van der Waals surface area (Å²) in [7, 11) is 0. The predicted molar refractivity (Wildman–Crippen MR) is 175 cm³/mol. The van der Waals surface area contributed by atoms with Crippen LogP contribution in [0.15, 0.2) is 77.7 Å². The van der Waals surface area contributed by atoms with Crippen molar-refractivity contribution in [2.45, 2.75) is 88.4 Å². The Morgan fingerprint density at radius 2 is 1.70 bits per heavy atom. The zero-order chi connectivity index (χ0) is 31.7. The number of hydrogen-bond acceptors (Lipinski definition) is 6. The van der Waals surface area contributed by atoms with Gasteiger partial charge in [-0.15, -0.1) is 11.8 Å². The summed E-state index contributed by atoms with van der Waals surface area (Å²) in [4.78, 5) is 27.7. The molecular formula is C36H45NO6S. The maximum atomic E-state index is 13.4. The molecule has 236 valence electrons. The number of carbonyl (C=O) groups is 2. The van der Waals surface area contributed by atoms with E-state index in [9.17, 15) is 14.7 Å². The molecule has 0 aliphatic carbocycles. The van der Waals surface area contributed by atoms with Gasteiger partial charge in [0.05, 0.1) is 12.1 Å². The Hall–Kier alpha value is -3.33. The van der Waals surface area contributed by atoms with Crippen molar-refractivity contribution < 1.29 is 28.9 Å². The Labute approximate surface area is 265 Å². The Morgan fingerprint density at radius 1 is 1.00 bits per heavy atom. The number of hydrogen-bond donors (Lipinski definition) is 1. The van der Waals surface area contributed by atoms with Crippen LogP contribution >= 0.6 is 11.8 Å². The molecule has 1 N–H and O–H groups in total. The molecule has 3 aromatic carbocycles. The van der Waals surface area contributed by atoms with Gasteiger partial charge in [-0.25, -0.2) is 9.59 Å². The molecule has 1 aliphatic heterocycles. The summed E-state index contributed by atoms with van der Waals surface area (Å²) < 4.78 is 18.2. The Balaban J connectivity index is 1.51. The zero-order valence-electron chi connectivity index (χ0n) is 26.5. The Kier molecular flexibility index (Phi) is 11.9. The monoisotopic (exact) mass is 619 g/mol. The van der Waals surface area contributed by atoms with E-state index in [0.29, 0.717) is 31.7 Å². The molecule has 4 rings (SSSR count). The van der Waals surface area contributed by atoms with Crippen LogP contribution in [0.25, 0.3) is 11.1 Å². The second-order valence-corrected chi connectivity index (χ2v) is 14.0. The van der Waals surface area contributed by atoms with E-state index in [-0.39, 0.29) is 23.7 Å². The van der Waals surface area contributed by atoms with E-state index < -0.39 is 11.6 Å². The zero-order valence-corrected chi connectivity index (χ0v) is 27.3. The van der Waals surface area contributed by atoms with Crippen LogP contribution in [0.2, 0.25) is 0 Å². The maximum Gasteiger partial charge on any atom is 0.410 e. The van der Waals surface area contributed by atoms with E-state index >= 15 is 0 Å². The normalized spacial score (nSPS) is 16.0. The van der Waals surface area contributed by atoms with E-state index in [2.05, 4.69) is 26.0 Å². The summed E-state index contributed by atoms with van der Waals surface area (Å²) >= 11 is 1.55. The summed E-state index contributed by atoms with van der Waals surface area (Å²) in [5.41, 5.74) is 3.73. The number of benzene rings is 3. The summed E-state index contributed by atoms with van der Waals surface area (Å²) in [6.45, 7) is 11.2. The molecule has 0 bridgehead atoms. The first-order valence-electron chi connectivity index (χ1n) is 15.4. The van der Waals surface area contributed by atoms with Gasteiger partial charge >= 0.3 is 12.1 Å². The van der Waals surface area contributed by atoms with Gasteiger partial charge in [-0.1, -0.05) is 74.5 Å². The van der Waals surface area contributed by atoms with Gasteiger partial charge < -0.3 is 24.2 Å². The lowest BCUT2D eigenvalue weighted by molar-refractivity contribution is -0.192. The van der Waals surface area contributed by atoms with Crippen molar-refractivity contribution in [2.24, 2.45) is 0 Å². The van der Waals surface area contributed by atoms with Crippen LogP contribution in [0.4, 0.5) is 4.79 Å². The molecule has 8 heteroatoms. The summed E-state index contributed by atoms with van der Waals surface area (Å²) in [6, 6.07) is 23.7. The molecule has 1 unspecified atom stereocenters. The third-order valence-corrected chi connectivity index (χ3v) is 8.26. The summed E-state index contributed by atoms with van der Waals surface area (Å²) in [6.07, 6.45) is 2.51. The summed E-state index contributed by atoms with van der Waals surface area (Å²) in [5, 5.41) is 9.88. The highest BCUT2D eigenvalue weighted by Crippen LogP contribution is 2.32. The molecular weight excluding hydrogens is 574 g/mol. The standard InChI is InChI=1S/C36H45NO6S/c1-25(2)44-32-23-29(18-19-30(32)34(38)39)27-16-14-26(15-17-27)20-21-37(35(40)43-36(3,4)5)24-31(28-11-7-6-8-12-28)42-33-13-9-10-22-41-33/h6-8,11-12,14-19,23,25,31,33H,9-10,13,20-22,24H2,1-5H3,(H,38,39)/t31-,33?/m0/s1. The summed E-state index contributed by atoms with van der Waals surface area (Å²) in [5.74, 6) is -0.921. The molecule has 0 aromatic heterocycles. The number of carboxylic acid groups (broad SMARTS) is 1. The number of thioether (sulfide) groups is 1. The highest BCUT2D eigenvalue weighted by molar-refractivity contribution is 8.00. The number of carbonyl (C=O) groups excluding carboxylic acids is 1. The molecule has 0 radical (unpaired) electrons. The highest BCUT2D eigenvalue weighted by atomic mass is 32.2. The highest BCUT2D eigenvalue weighted by Gasteiger charge is 2.28. The molecule has 1 heterocycles. The lowest BCUT2D eigenvalue weighted by atomic mass is 10.0. The fourth-order valence-electron chi connectivity index (χ4n) is 5.04. The topological polar surface area (TPSA) is 85.3 Å². The number of carboxylic acids is 1. The van der Waals surface area contributed by atoms with Crippen LogP contribution in [0, 0.1) is 0 Å². The fourth-order valence-corrected chi connectivity index (χ4v) is 6.02. The lowest BCUT2D eigenvalue weighted by Crippen LogP contribution is -2.41. The molecule has 0 spiro atoms. The van der Waals surface area contributed by atoms with Crippen LogP contribution in [-0.2, 0) is 20.6 Å². The van der Waals surface area contributed by atoms with Crippen molar-refractivity contribution in [2.75, 3.05) is 19.7 Å². The van der Waals surface area contributed by atoms with Gasteiger partial charge in [0.1, 0.15) is 11.7 Å². The van der Waals surface area contributed by atoms with Crippen LogP contribution in [0.5, 0.6) is 0 Å². The number of rotatable bonds is 12. The van der Waals surface area contributed by atoms with Crippen LogP contribution in [-0.4, -0.2) is 58.9 Å². The average molecular weight is 620 g/mol. The van der Waals surface area contributed by atoms with Gasteiger partial charge in [0.25, 0.3) is 0 Å². The van der Waals surface area contributed by atoms with Gasteiger partial charge in [0.2, 0.25) is 0 Å². The molecule has 1 amide bonds. The van der Waals surface area contributed by atoms with Crippen molar-refractivity contribution in [1.82, 2.24) is 4.90 Å². The Bertz CT molecular complexity index is 1360. The number of amides is 1. The van der Waals surface area contributed by atoms with Gasteiger partial charge in [-0.2, -0.15) is 0 Å². The van der Waals surface area contributed by atoms with Crippen molar-refractivity contribution in [1.29, 1.82) is 0 Å². The second kappa shape index (κ2) is 15.6. The SMILES string of the molecule is CC(C)Sc1cc(-c2ccc(CCN(C[C@H](OC3CCCCO3)c3ccccc3)C(=O)OC(C)(C)C)cc2)ccc1C(=O)O. The first kappa shape index (κ1) is 33.6. The van der Waals surface area contributed by atoms with E-state index in [1.807, 2.05) is 75.4 Å². The number of nitrogens with zero attached hydrogens (tertiary/aromatic N) is 1. The number of aromatic carboxylic acids is 1. The molecule has 3 aromatic rings. The predicted octanol–water partition coefficient (Wildman–Crippen LogP) is 8.62. The van der Waals surface area contributed by atoms with Crippen molar-refractivity contribution >= 4 is 23.8 Å². The minimum Gasteiger partial charge on any atom is -0.478 e. The average Bonchev–Trinajstić information content (AvgIpc) is 2.98. The molecule has 2 atom stereocenters. The van der Waals surface area contributed by atoms with Crippen molar-refractivity contribution in [3.63, 3.8) is 0 Å². The van der Waals surface area contributed by atoms with Gasteiger partial charge in [-0.05, 0) is 80.8 Å². The van der Waals surface area contributed by atoms with Gasteiger partial charge in [-0.3, -0.25) is 0 Å². The molecule has 44 heavy (non-hydrogen) atoms. The minimum atomic E-state index is -0.921. The molecule has 7 nitrogen and oxygen atoms in total. The van der Waals surface area contributed by atoms with Crippen LogP contribution < -0.4 is 0 Å². The van der Waals surface area contributed by atoms with Gasteiger partial charge in [0.15, 0.2) is 6.29 Å². The van der Waals surface area contributed by atoms with Crippen molar-refractivity contribution in [3.05, 3.63) is 89.5 Å². The van der Waals surface area contributed by atoms with Gasteiger partial charge in [0, 0.05) is 23.3 Å². The fraction of sp³-hybridized carbons (Fsp3) is 0.444. The molecule has 1 fully saturated rings. The smallest absolute Gasteiger partial charge is 0.410 e. The largest absolute Gasteiger partial charge is 0.478 e. The number of ether oxygens (including phenoxy) is 3. The lowest BCUT2D eigenvalue weighted by Gasteiger charge is -2.33. The first-order valence-corrected chi connectivity index (χ1v) is 16.3. The van der Waals surface area contributed by atoms with Crippen molar-refractivity contribution in [3.8, 4) is 11.1 Å². The second-order valence-electron chi connectivity index (χ2n) is 12.4. The van der Waals surface area contributed by atoms with Crippen LogP contribution in [0.1, 0.15) is 81.5 Å². The van der Waals surface area contributed by atoms with E-state index in [0.717, 1.165) is 46.4 Å². The first-order chi connectivity index (χ1) is 21.0. The third-order valence-electron chi connectivity index (χ3n) is 7.20. The molecule has 0 saturated carbocycles.